The maximum atomic E-state index is 11.2. The van der Waals surface area contributed by atoms with Crippen molar-refractivity contribution in [2.75, 3.05) is 0 Å². The molecule has 2 N–H and O–H groups in total. The summed E-state index contributed by atoms with van der Waals surface area (Å²) >= 11 is 5.84. The molecule has 5 nitrogen and oxygen atoms in total. The highest BCUT2D eigenvalue weighted by Gasteiger charge is 2.16. The van der Waals surface area contributed by atoms with E-state index in [9.17, 15) is 9.90 Å². The van der Waals surface area contributed by atoms with Crippen LogP contribution in [0.4, 0.5) is 0 Å². The average molecular weight is 274 g/mol. The first-order valence-electron chi connectivity index (χ1n) is 5.48. The van der Waals surface area contributed by atoms with Crippen LogP contribution < -0.4 is 0 Å². The molecule has 2 heterocycles. The Morgan fingerprint density at radius 3 is 2.63 bits per heavy atom. The van der Waals surface area contributed by atoms with E-state index in [1.165, 1.54) is 12.5 Å². The van der Waals surface area contributed by atoms with Gasteiger partial charge < -0.3 is 10.1 Å². The molecule has 0 fully saturated rings. The molecule has 0 amide bonds. The van der Waals surface area contributed by atoms with Gasteiger partial charge in [-0.1, -0.05) is 23.7 Å². The molecule has 0 aliphatic heterocycles. The summed E-state index contributed by atoms with van der Waals surface area (Å²) in [5, 5.41) is 10.3. The fourth-order valence-electron chi connectivity index (χ4n) is 1.96. The minimum atomic E-state index is -1.02. The molecule has 6 heteroatoms. The average Bonchev–Trinajstić information content (AvgIpc) is 2.83. The molecule has 0 radical (unpaired) electrons. The van der Waals surface area contributed by atoms with Crippen LogP contribution in [0.1, 0.15) is 10.4 Å². The number of nitrogens with zero attached hydrogens (tertiary/aromatic N) is 2. The molecular formula is C13H8ClN3O2. The molecule has 3 aromatic rings. The summed E-state index contributed by atoms with van der Waals surface area (Å²) in [7, 11) is 0. The van der Waals surface area contributed by atoms with Gasteiger partial charge in [-0.05, 0) is 12.1 Å². The van der Waals surface area contributed by atoms with E-state index in [4.69, 9.17) is 11.6 Å². The predicted molar refractivity (Wildman–Crippen MR) is 71.3 cm³/mol. The summed E-state index contributed by atoms with van der Waals surface area (Å²) in [6.07, 6.45) is 2.81. The Morgan fingerprint density at radius 2 is 1.95 bits per heavy atom. The minimum absolute atomic E-state index is 0.153. The Hall–Kier alpha value is -2.40. The Kier molecular flexibility index (Phi) is 2.68. The van der Waals surface area contributed by atoms with Gasteiger partial charge in [-0.25, -0.2) is 14.8 Å². The van der Waals surface area contributed by atoms with Gasteiger partial charge in [-0.15, -0.1) is 0 Å². The van der Waals surface area contributed by atoms with E-state index in [1.54, 1.807) is 24.3 Å². The number of hydrogen-bond acceptors (Lipinski definition) is 3. The Bertz CT molecular complexity index is 765. The molecule has 0 unspecified atom stereocenters. The number of nitrogens with one attached hydrogen (secondary N) is 1. The van der Waals surface area contributed by atoms with Crippen LogP contribution >= 0.6 is 11.6 Å². The summed E-state index contributed by atoms with van der Waals surface area (Å²) < 4.78 is 0. The molecule has 0 spiro atoms. The lowest BCUT2D eigenvalue weighted by Crippen LogP contribution is -1.96. The van der Waals surface area contributed by atoms with Crippen LogP contribution in [0.2, 0.25) is 5.02 Å². The Labute approximate surface area is 112 Å². The molecule has 0 bridgehead atoms. The van der Waals surface area contributed by atoms with Crippen LogP contribution in [0.5, 0.6) is 0 Å². The molecule has 2 aromatic heterocycles. The van der Waals surface area contributed by atoms with Crippen LogP contribution in [-0.2, 0) is 0 Å². The monoisotopic (exact) mass is 273 g/mol. The Balaban J connectivity index is 2.31. The fourth-order valence-corrected chi connectivity index (χ4v) is 2.08. The van der Waals surface area contributed by atoms with Gasteiger partial charge in [0.15, 0.2) is 0 Å². The zero-order chi connectivity index (χ0) is 13.4. The normalized spacial score (nSPS) is 10.8. The van der Waals surface area contributed by atoms with Crippen molar-refractivity contribution in [3.05, 3.63) is 47.4 Å². The molecule has 0 aliphatic carbocycles. The van der Waals surface area contributed by atoms with Crippen LogP contribution in [0, 0.1) is 0 Å². The number of halogens is 1. The molecule has 94 valence electrons. The Morgan fingerprint density at radius 1 is 1.21 bits per heavy atom. The number of benzene rings is 1. The predicted octanol–water partition coefficient (Wildman–Crippen LogP) is 2.98. The maximum Gasteiger partial charge on any atom is 0.338 e. The second kappa shape index (κ2) is 4.37. The second-order valence-electron chi connectivity index (χ2n) is 3.96. The first-order valence-corrected chi connectivity index (χ1v) is 5.86. The van der Waals surface area contributed by atoms with Crippen molar-refractivity contribution in [3.63, 3.8) is 0 Å². The van der Waals surface area contributed by atoms with E-state index >= 15 is 0 Å². The molecule has 0 aliphatic rings. The van der Waals surface area contributed by atoms with Crippen LogP contribution in [0.25, 0.3) is 22.3 Å². The lowest BCUT2D eigenvalue weighted by Gasteiger charge is -2.03. The van der Waals surface area contributed by atoms with Crippen molar-refractivity contribution in [1.82, 2.24) is 15.0 Å². The number of H-pyrrole nitrogens is 1. The summed E-state index contributed by atoms with van der Waals surface area (Å²) in [4.78, 5) is 22.3. The summed E-state index contributed by atoms with van der Waals surface area (Å²) in [6.45, 7) is 0. The van der Waals surface area contributed by atoms with Crippen molar-refractivity contribution in [2.45, 2.75) is 0 Å². The summed E-state index contributed by atoms with van der Waals surface area (Å²) in [6, 6.07) is 7.06. The van der Waals surface area contributed by atoms with E-state index in [1.807, 2.05) is 0 Å². The van der Waals surface area contributed by atoms with Gasteiger partial charge in [0.05, 0.1) is 16.6 Å². The molecular weight excluding hydrogens is 266 g/mol. The molecule has 0 saturated carbocycles. The quantitative estimate of drug-likeness (QED) is 0.752. The topological polar surface area (TPSA) is 78.9 Å². The fraction of sp³-hybridized carbons (Fsp3) is 0. The second-order valence-corrected chi connectivity index (χ2v) is 4.40. The number of hydrogen-bond donors (Lipinski definition) is 2. The number of carbonyl (C=O) groups is 1. The highest BCUT2D eigenvalue weighted by Crippen LogP contribution is 2.28. The van der Waals surface area contributed by atoms with Crippen molar-refractivity contribution in [3.8, 4) is 11.3 Å². The zero-order valence-electron chi connectivity index (χ0n) is 9.59. The minimum Gasteiger partial charge on any atom is -0.478 e. The third-order valence-electron chi connectivity index (χ3n) is 2.82. The lowest BCUT2D eigenvalue weighted by atomic mass is 10.1. The van der Waals surface area contributed by atoms with Crippen LogP contribution in [0.15, 0.2) is 36.8 Å². The molecule has 0 saturated heterocycles. The van der Waals surface area contributed by atoms with Gasteiger partial charge in [0.1, 0.15) is 12.0 Å². The van der Waals surface area contributed by atoms with Gasteiger partial charge >= 0.3 is 5.97 Å². The summed E-state index contributed by atoms with van der Waals surface area (Å²) in [5.41, 5.74) is 2.01. The smallest absolute Gasteiger partial charge is 0.338 e. The molecule has 19 heavy (non-hydrogen) atoms. The number of aromatic amines is 1. The van der Waals surface area contributed by atoms with Crippen molar-refractivity contribution < 1.29 is 9.90 Å². The molecule has 0 atom stereocenters. The van der Waals surface area contributed by atoms with E-state index in [0.717, 1.165) is 5.56 Å². The van der Waals surface area contributed by atoms with Crippen molar-refractivity contribution in [2.24, 2.45) is 0 Å². The zero-order valence-corrected chi connectivity index (χ0v) is 10.3. The number of fused-ring (bicyclic) bond motifs is 1. The van der Waals surface area contributed by atoms with Gasteiger partial charge in [0.25, 0.3) is 0 Å². The highest BCUT2D eigenvalue weighted by atomic mass is 35.5. The highest BCUT2D eigenvalue weighted by molar-refractivity contribution is 6.30. The van der Waals surface area contributed by atoms with Gasteiger partial charge in [0.2, 0.25) is 0 Å². The van der Waals surface area contributed by atoms with Crippen LogP contribution in [-0.4, -0.2) is 26.0 Å². The van der Waals surface area contributed by atoms with Crippen LogP contribution in [0.3, 0.4) is 0 Å². The number of aromatic nitrogens is 3. The van der Waals surface area contributed by atoms with E-state index in [2.05, 4.69) is 15.0 Å². The van der Waals surface area contributed by atoms with E-state index in [-0.39, 0.29) is 5.56 Å². The summed E-state index contributed by atoms with van der Waals surface area (Å²) in [5.74, 6) is -1.02. The van der Waals surface area contributed by atoms with Gasteiger partial charge in [-0.2, -0.15) is 0 Å². The third-order valence-corrected chi connectivity index (χ3v) is 3.07. The largest absolute Gasteiger partial charge is 0.478 e. The molecule has 3 rings (SSSR count). The van der Waals surface area contributed by atoms with E-state index < -0.39 is 5.97 Å². The standard InChI is InChI=1S/C13H8ClN3O2/c14-8-3-1-7(2-4-8)11-10-9(13(18)19)5-15-12(10)17-6-16-11/h1-6H,(H,18,19)(H,15,16,17). The lowest BCUT2D eigenvalue weighted by molar-refractivity contribution is 0.0699. The first-order chi connectivity index (χ1) is 9.16. The van der Waals surface area contributed by atoms with Gasteiger partial charge in [-0.3, -0.25) is 0 Å². The number of aromatic carboxylic acids is 1. The van der Waals surface area contributed by atoms with E-state index in [0.29, 0.717) is 21.7 Å². The van der Waals surface area contributed by atoms with Crippen molar-refractivity contribution >= 4 is 28.6 Å². The number of carboxylic acid groups (broad SMARTS) is 1. The number of carboxylic acids is 1. The third kappa shape index (κ3) is 1.94. The maximum absolute atomic E-state index is 11.2. The number of rotatable bonds is 2. The SMILES string of the molecule is O=C(O)c1c[nH]c2ncnc(-c3ccc(Cl)cc3)c12. The first kappa shape index (κ1) is 11.7. The van der Waals surface area contributed by atoms with Gasteiger partial charge in [0, 0.05) is 16.8 Å². The van der Waals surface area contributed by atoms with Crippen molar-refractivity contribution in [1.29, 1.82) is 0 Å². The molecule has 1 aromatic carbocycles.